The summed E-state index contributed by atoms with van der Waals surface area (Å²) in [5, 5.41) is 4.43. The highest BCUT2D eigenvalue weighted by atomic mass is 16.5. The van der Waals surface area contributed by atoms with Gasteiger partial charge in [0.05, 0.1) is 25.4 Å². The van der Waals surface area contributed by atoms with Crippen LogP contribution in [-0.4, -0.2) is 33.6 Å². The van der Waals surface area contributed by atoms with Crippen LogP contribution in [0.2, 0.25) is 0 Å². The molecule has 0 aliphatic heterocycles. The average molecular weight is 397 g/mol. The monoisotopic (exact) mass is 397 g/mol. The molecule has 0 aliphatic carbocycles. The standard InChI is InChI=1S/C23H19N5O2/c1-29-20-8-6-17(13-21(20)30-2)26-22-23-25-10-11-28(23)14-19(27-22)16-5-7-18-15(12-16)4-3-9-24-18/h3-14H,1-2H3,(H,26,27). The van der Waals surface area contributed by atoms with Crippen molar-refractivity contribution >= 4 is 28.1 Å². The summed E-state index contributed by atoms with van der Waals surface area (Å²) in [5.41, 5.74) is 4.34. The molecule has 0 saturated carbocycles. The summed E-state index contributed by atoms with van der Waals surface area (Å²) in [6.07, 6.45) is 7.43. The molecule has 7 heteroatoms. The summed E-state index contributed by atoms with van der Waals surface area (Å²) >= 11 is 0. The molecule has 148 valence electrons. The minimum Gasteiger partial charge on any atom is -0.493 e. The van der Waals surface area contributed by atoms with E-state index in [0.29, 0.717) is 17.3 Å². The van der Waals surface area contributed by atoms with Crippen LogP contribution >= 0.6 is 0 Å². The number of fused-ring (bicyclic) bond motifs is 2. The maximum absolute atomic E-state index is 5.41. The van der Waals surface area contributed by atoms with Crippen molar-refractivity contribution in [2.45, 2.75) is 0 Å². The molecule has 0 spiro atoms. The molecule has 0 atom stereocenters. The topological polar surface area (TPSA) is 73.6 Å². The summed E-state index contributed by atoms with van der Waals surface area (Å²) in [5.74, 6) is 1.96. The lowest BCUT2D eigenvalue weighted by Crippen LogP contribution is -2.01. The Morgan fingerprint density at radius 3 is 2.67 bits per heavy atom. The third kappa shape index (κ3) is 3.16. The Morgan fingerprint density at radius 2 is 1.80 bits per heavy atom. The van der Waals surface area contributed by atoms with Gasteiger partial charge < -0.3 is 19.2 Å². The number of rotatable bonds is 5. The first kappa shape index (κ1) is 17.9. The smallest absolute Gasteiger partial charge is 0.180 e. The van der Waals surface area contributed by atoms with E-state index in [1.807, 2.05) is 59.3 Å². The second kappa shape index (κ2) is 7.36. The molecular formula is C23H19N5O2. The predicted octanol–water partition coefficient (Wildman–Crippen LogP) is 4.71. The summed E-state index contributed by atoms with van der Waals surface area (Å²) in [4.78, 5) is 13.7. The zero-order valence-corrected chi connectivity index (χ0v) is 16.5. The van der Waals surface area contributed by atoms with Gasteiger partial charge in [-0.2, -0.15) is 0 Å². The van der Waals surface area contributed by atoms with Gasteiger partial charge in [-0.25, -0.2) is 9.97 Å². The molecule has 30 heavy (non-hydrogen) atoms. The van der Waals surface area contributed by atoms with Gasteiger partial charge in [0.2, 0.25) is 0 Å². The van der Waals surface area contributed by atoms with Crippen LogP contribution in [0.15, 0.2) is 73.3 Å². The van der Waals surface area contributed by atoms with Gasteiger partial charge in [-0.1, -0.05) is 12.1 Å². The number of ether oxygens (including phenoxy) is 2. The van der Waals surface area contributed by atoms with Gasteiger partial charge in [0.25, 0.3) is 0 Å². The Balaban J connectivity index is 1.59. The van der Waals surface area contributed by atoms with Gasteiger partial charge in [-0.15, -0.1) is 0 Å². The van der Waals surface area contributed by atoms with Crippen molar-refractivity contribution in [3.63, 3.8) is 0 Å². The number of aromatic nitrogens is 4. The molecule has 0 saturated heterocycles. The van der Waals surface area contributed by atoms with Crippen molar-refractivity contribution in [2.75, 3.05) is 19.5 Å². The second-order valence-corrected chi connectivity index (χ2v) is 6.74. The lowest BCUT2D eigenvalue weighted by molar-refractivity contribution is 0.355. The Bertz CT molecular complexity index is 1360. The van der Waals surface area contributed by atoms with Gasteiger partial charge >= 0.3 is 0 Å². The highest BCUT2D eigenvalue weighted by Gasteiger charge is 2.12. The molecule has 0 fully saturated rings. The van der Waals surface area contributed by atoms with Crippen molar-refractivity contribution in [1.29, 1.82) is 0 Å². The van der Waals surface area contributed by atoms with Crippen LogP contribution in [-0.2, 0) is 0 Å². The highest BCUT2D eigenvalue weighted by Crippen LogP contribution is 2.32. The molecule has 0 unspecified atom stereocenters. The second-order valence-electron chi connectivity index (χ2n) is 6.74. The van der Waals surface area contributed by atoms with Crippen molar-refractivity contribution in [3.05, 3.63) is 73.3 Å². The van der Waals surface area contributed by atoms with E-state index in [1.165, 1.54) is 0 Å². The third-order valence-corrected chi connectivity index (χ3v) is 4.92. The molecule has 2 aromatic carbocycles. The minimum atomic E-state index is 0.639. The number of benzene rings is 2. The first-order valence-electron chi connectivity index (χ1n) is 9.43. The van der Waals surface area contributed by atoms with Crippen molar-refractivity contribution in [1.82, 2.24) is 19.4 Å². The van der Waals surface area contributed by atoms with E-state index >= 15 is 0 Å². The van der Waals surface area contributed by atoms with E-state index in [-0.39, 0.29) is 0 Å². The van der Waals surface area contributed by atoms with Gasteiger partial charge in [0.1, 0.15) is 0 Å². The molecule has 0 aliphatic rings. The first-order valence-corrected chi connectivity index (χ1v) is 9.43. The van der Waals surface area contributed by atoms with E-state index < -0.39 is 0 Å². The molecule has 5 aromatic rings. The van der Waals surface area contributed by atoms with Crippen LogP contribution in [0.5, 0.6) is 11.5 Å². The van der Waals surface area contributed by atoms with E-state index in [4.69, 9.17) is 14.5 Å². The van der Waals surface area contributed by atoms with Crippen LogP contribution in [0.3, 0.4) is 0 Å². The maximum Gasteiger partial charge on any atom is 0.180 e. The van der Waals surface area contributed by atoms with Gasteiger partial charge in [0.15, 0.2) is 23.0 Å². The number of hydrogen-bond donors (Lipinski definition) is 1. The molecule has 0 amide bonds. The molecule has 3 heterocycles. The van der Waals surface area contributed by atoms with Crippen LogP contribution in [0, 0.1) is 0 Å². The van der Waals surface area contributed by atoms with Crippen molar-refractivity contribution in [3.8, 4) is 22.8 Å². The van der Waals surface area contributed by atoms with Crippen LogP contribution < -0.4 is 14.8 Å². The summed E-state index contributed by atoms with van der Waals surface area (Å²) < 4.78 is 12.7. The number of pyridine rings is 1. The number of imidazole rings is 1. The molecule has 0 bridgehead atoms. The Morgan fingerprint density at radius 1 is 0.900 bits per heavy atom. The van der Waals surface area contributed by atoms with Gasteiger partial charge in [-0.05, 0) is 30.3 Å². The Labute approximate surface area is 173 Å². The summed E-state index contributed by atoms with van der Waals surface area (Å²) in [6, 6.07) is 15.7. The van der Waals surface area contributed by atoms with Crippen LogP contribution in [0.25, 0.3) is 27.8 Å². The first-order chi connectivity index (χ1) is 14.7. The van der Waals surface area contributed by atoms with E-state index in [2.05, 4.69) is 21.4 Å². The number of nitrogens with zero attached hydrogens (tertiary/aromatic N) is 4. The largest absolute Gasteiger partial charge is 0.493 e. The predicted molar refractivity (Wildman–Crippen MR) is 117 cm³/mol. The van der Waals surface area contributed by atoms with Crippen LogP contribution in [0.4, 0.5) is 11.5 Å². The minimum absolute atomic E-state index is 0.639. The average Bonchev–Trinajstić information content (AvgIpc) is 3.27. The molecule has 0 radical (unpaired) electrons. The number of hydrogen-bond acceptors (Lipinski definition) is 6. The fourth-order valence-corrected chi connectivity index (χ4v) is 3.44. The molecule has 3 aromatic heterocycles. The van der Waals surface area contributed by atoms with Gasteiger partial charge in [0, 0.05) is 47.5 Å². The van der Waals surface area contributed by atoms with E-state index in [0.717, 1.165) is 33.5 Å². The molecule has 5 rings (SSSR count). The molecular weight excluding hydrogens is 378 g/mol. The quantitative estimate of drug-likeness (QED) is 0.463. The third-order valence-electron chi connectivity index (χ3n) is 4.92. The lowest BCUT2D eigenvalue weighted by Gasteiger charge is -2.13. The summed E-state index contributed by atoms with van der Waals surface area (Å²) in [7, 11) is 3.23. The number of anilines is 2. The van der Waals surface area contributed by atoms with Gasteiger partial charge in [-0.3, -0.25) is 4.98 Å². The number of nitrogens with one attached hydrogen (secondary N) is 1. The SMILES string of the molecule is COc1ccc(Nc2nc(-c3ccc4ncccc4c3)cn3ccnc23)cc1OC. The van der Waals surface area contributed by atoms with E-state index in [9.17, 15) is 0 Å². The Kier molecular flexibility index (Phi) is 4.40. The fraction of sp³-hybridized carbons (Fsp3) is 0.0870. The highest BCUT2D eigenvalue weighted by molar-refractivity contribution is 5.84. The zero-order valence-electron chi connectivity index (χ0n) is 16.5. The number of methoxy groups -OCH3 is 2. The van der Waals surface area contributed by atoms with Crippen molar-refractivity contribution < 1.29 is 9.47 Å². The lowest BCUT2D eigenvalue weighted by atomic mass is 10.1. The van der Waals surface area contributed by atoms with E-state index in [1.54, 1.807) is 26.6 Å². The molecule has 1 N–H and O–H groups in total. The Hall–Kier alpha value is -4.13. The fourth-order valence-electron chi connectivity index (χ4n) is 3.44. The van der Waals surface area contributed by atoms with Crippen LogP contribution in [0.1, 0.15) is 0 Å². The maximum atomic E-state index is 5.41. The zero-order chi connectivity index (χ0) is 20.5. The summed E-state index contributed by atoms with van der Waals surface area (Å²) in [6.45, 7) is 0. The normalized spacial score (nSPS) is 11.0. The van der Waals surface area contributed by atoms with Crippen molar-refractivity contribution in [2.24, 2.45) is 0 Å². The molecule has 7 nitrogen and oxygen atoms in total.